The van der Waals surface area contributed by atoms with Crippen molar-refractivity contribution in [2.75, 3.05) is 0 Å². The average molecular weight is 517 g/mol. The van der Waals surface area contributed by atoms with E-state index in [1.807, 2.05) is 73.7 Å². The lowest BCUT2D eigenvalue weighted by Gasteiger charge is -2.14. The average Bonchev–Trinajstić information content (AvgIpc) is 3.08. The topological polar surface area (TPSA) is 50.7 Å². The predicted molar refractivity (Wildman–Crippen MR) is 137 cm³/mol. The number of nitrogens with zero attached hydrogens (tertiary/aromatic N) is 2. The number of hydrogen-bond donors (Lipinski definition) is 1. The molecule has 0 amide bonds. The van der Waals surface area contributed by atoms with E-state index in [2.05, 4.69) is 46.6 Å². The van der Waals surface area contributed by atoms with Crippen molar-refractivity contribution >= 4 is 56.5 Å². The summed E-state index contributed by atoms with van der Waals surface area (Å²) in [6.07, 6.45) is 3.98. The van der Waals surface area contributed by atoms with E-state index in [0.29, 0.717) is 16.7 Å². The molecule has 0 saturated carbocycles. The molecule has 31 heavy (non-hydrogen) atoms. The van der Waals surface area contributed by atoms with E-state index in [9.17, 15) is 4.79 Å². The Labute approximate surface area is 193 Å². The Morgan fingerprint density at radius 2 is 1.71 bits per heavy atom. The second-order valence-electron chi connectivity index (χ2n) is 7.60. The van der Waals surface area contributed by atoms with Gasteiger partial charge in [0.15, 0.2) is 0 Å². The summed E-state index contributed by atoms with van der Waals surface area (Å²) in [5, 5.41) is 1.77. The SMILES string of the molecule is Cc1ccccc1-n1c(C=Cc2c(C)[nH]c3ccccc23)nc2ccc(I)cc2c1=O. The minimum Gasteiger partial charge on any atom is -0.358 e. The van der Waals surface area contributed by atoms with Gasteiger partial charge in [0.2, 0.25) is 0 Å². The summed E-state index contributed by atoms with van der Waals surface area (Å²) >= 11 is 2.23. The number of halogens is 1. The smallest absolute Gasteiger partial charge is 0.266 e. The number of fused-ring (bicyclic) bond motifs is 2. The molecule has 0 atom stereocenters. The molecule has 5 rings (SSSR count). The lowest BCUT2D eigenvalue weighted by molar-refractivity contribution is 0.934. The Morgan fingerprint density at radius 1 is 0.935 bits per heavy atom. The van der Waals surface area contributed by atoms with Crippen molar-refractivity contribution in [3.63, 3.8) is 0 Å². The number of benzene rings is 3. The van der Waals surface area contributed by atoms with Crippen LogP contribution in [0.2, 0.25) is 0 Å². The summed E-state index contributed by atoms with van der Waals surface area (Å²) < 4.78 is 2.73. The van der Waals surface area contributed by atoms with Gasteiger partial charge in [-0.2, -0.15) is 0 Å². The predicted octanol–water partition coefficient (Wildman–Crippen LogP) is 6.26. The van der Waals surface area contributed by atoms with Crippen molar-refractivity contribution in [1.29, 1.82) is 0 Å². The third kappa shape index (κ3) is 3.49. The van der Waals surface area contributed by atoms with E-state index >= 15 is 0 Å². The molecular formula is C26H20IN3O. The summed E-state index contributed by atoms with van der Waals surface area (Å²) in [5.41, 5.74) is 5.78. The first-order chi connectivity index (χ1) is 15.0. The van der Waals surface area contributed by atoms with E-state index in [4.69, 9.17) is 4.98 Å². The summed E-state index contributed by atoms with van der Waals surface area (Å²) in [5.74, 6) is 0.609. The standard InChI is InChI=1S/C26H20IN3O/c1-16-7-3-6-10-24(16)30-25(29-23-13-11-18(27)15-21(23)26(30)31)14-12-19-17(2)28-22-9-5-4-8-20(19)22/h3-15,28H,1-2H3. The molecule has 0 aliphatic heterocycles. The van der Waals surface area contributed by atoms with E-state index in [1.165, 1.54) is 0 Å². The number of H-pyrrole nitrogens is 1. The van der Waals surface area contributed by atoms with E-state index in [0.717, 1.165) is 37.0 Å². The van der Waals surface area contributed by atoms with Crippen molar-refractivity contribution in [1.82, 2.24) is 14.5 Å². The molecular weight excluding hydrogens is 497 g/mol. The van der Waals surface area contributed by atoms with Crippen molar-refractivity contribution in [3.05, 3.63) is 103 Å². The fourth-order valence-corrected chi connectivity index (χ4v) is 4.50. The first-order valence-corrected chi connectivity index (χ1v) is 11.1. The molecule has 5 aromatic rings. The quantitative estimate of drug-likeness (QED) is 0.288. The number of hydrogen-bond acceptors (Lipinski definition) is 2. The number of aromatic amines is 1. The number of para-hydroxylation sites is 2. The van der Waals surface area contributed by atoms with Crippen LogP contribution in [-0.4, -0.2) is 14.5 Å². The molecule has 2 aromatic heterocycles. The highest BCUT2D eigenvalue weighted by atomic mass is 127. The Bertz CT molecular complexity index is 1540. The van der Waals surface area contributed by atoms with Gasteiger partial charge >= 0.3 is 0 Å². The maximum absolute atomic E-state index is 13.6. The van der Waals surface area contributed by atoms with E-state index in [1.54, 1.807) is 4.57 Å². The van der Waals surface area contributed by atoms with Crippen LogP contribution in [0.15, 0.2) is 71.5 Å². The van der Waals surface area contributed by atoms with Gasteiger partial charge in [-0.15, -0.1) is 0 Å². The Kier molecular flexibility index (Phi) is 4.98. The Morgan fingerprint density at radius 3 is 2.55 bits per heavy atom. The summed E-state index contributed by atoms with van der Waals surface area (Å²) in [7, 11) is 0. The molecule has 0 aliphatic carbocycles. The molecule has 0 aliphatic rings. The highest BCUT2D eigenvalue weighted by molar-refractivity contribution is 14.1. The maximum Gasteiger partial charge on any atom is 0.266 e. The molecule has 0 unspecified atom stereocenters. The van der Waals surface area contributed by atoms with Crippen molar-refractivity contribution in [2.45, 2.75) is 13.8 Å². The number of nitrogens with one attached hydrogen (secondary N) is 1. The van der Waals surface area contributed by atoms with Crippen LogP contribution >= 0.6 is 22.6 Å². The lowest BCUT2D eigenvalue weighted by Crippen LogP contribution is -2.23. The van der Waals surface area contributed by atoms with Gasteiger partial charge in [-0.25, -0.2) is 4.98 Å². The van der Waals surface area contributed by atoms with E-state index in [-0.39, 0.29) is 5.56 Å². The summed E-state index contributed by atoms with van der Waals surface area (Å²) in [6.45, 7) is 4.07. The van der Waals surface area contributed by atoms with Crippen LogP contribution in [0.4, 0.5) is 0 Å². The van der Waals surface area contributed by atoms with Crippen molar-refractivity contribution in [3.8, 4) is 5.69 Å². The summed E-state index contributed by atoms with van der Waals surface area (Å²) in [6, 6.07) is 21.9. The zero-order valence-corrected chi connectivity index (χ0v) is 19.3. The maximum atomic E-state index is 13.6. The third-order valence-electron chi connectivity index (χ3n) is 5.56. The van der Waals surface area contributed by atoms with Crippen LogP contribution in [-0.2, 0) is 0 Å². The number of aromatic nitrogens is 3. The van der Waals surface area contributed by atoms with Gasteiger partial charge in [0.25, 0.3) is 5.56 Å². The van der Waals surface area contributed by atoms with Gasteiger partial charge in [-0.1, -0.05) is 36.4 Å². The second kappa shape index (κ2) is 7.81. The lowest BCUT2D eigenvalue weighted by atomic mass is 10.1. The first kappa shape index (κ1) is 19.8. The Balaban J connectivity index is 1.78. The first-order valence-electron chi connectivity index (χ1n) is 10.1. The summed E-state index contributed by atoms with van der Waals surface area (Å²) in [4.78, 5) is 21.9. The molecule has 0 bridgehead atoms. The molecule has 2 heterocycles. The zero-order chi connectivity index (χ0) is 21.5. The van der Waals surface area contributed by atoms with Gasteiger partial charge in [0, 0.05) is 25.7 Å². The largest absolute Gasteiger partial charge is 0.358 e. The van der Waals surface area contributed by atoms with Gasteiger partial charge in [-0.05, 0) is 84.5 Å². The molecule has 5 heteroatoms. The Hall–Kier alpha value is -3.19. The van der Waals surface area contributed by atoms with Crippen LogP contribution in [0, 0.1) is 17.4 Å². The number of rotatable bonds is 3. The molecule has 0 radical (unpaired) electrons. The van der Waals surface area contributed by atoms with Crippen LogP contribution < -0.4 is 5.56 Å². The molecule has 3 aromatic carbocycles. The molecule has 0 saturated heterocycles. The van der Waals surface area contributed by atoms with Gasteiger partial charge < -0.3 is 4.98 Å². The van der Waals surface area contributed by atoms with Crippen LogP contribution in [0.3, 0.4) is 0 Å². The van der Waals surface area contributed by atoms with Gasteiger partial charge in [0.1, 0.15) is 5.82 Å². The number of aryl methyl sites for hydroxylation is 2. The fourth-order valence-electron chi connectivity index (χ4n) is 4.00. The normalized spacial score (nSPS) is 11.7. The third-order valence-corrected chi connectivity index (χ3v) is 6.23. The highest BCUT2D eigenvalue weighted by Crippen LogP contribution is 2.25. The van der Waals surface area contributed by atoms with Crippen LogP contribution in [0.25, 0.3) is 39.6 Å². The molecule has 1 N–H and O–H groups in total. The van der Waals surface area contributed by atoms with Crippen LogP contribution in [0.1, 0.15) is 22.6 Å². The molecule has 152 valence electrons. The van der Waals surface area contributed by atoms with Gasteiger partial charge in [0.05, 0.1) is 16.6 Å². The zero-order valence-electron chi connectivity index (χ0n) is 17.2. The second-order valence-corrected chi connectivity index (χ2v) is 8.85. The molecule has 4 nitrogen and oxygen atoms in total. The van der Waals surface area contributed by atoms with Crippen molar-refractivity contribution in [2.24, 2.45) is 0 Å². The fraction of sp³-hybridized carbons (Fsp3) is 0.0769. The monoisotopic (exact) mass is 517 g/mol. The molecule has 0 spiro atoms. The minimum atomic E-state index is -0.0619. The van der Waals surface area contributed by atoms with Crippen LogP contribution in [0.5, 0.6) is 0 Å². The van der Waals surface area contributed by atoms with Crippen molar-refractivity contribution < 1.29 is 0 Å². The highest BCUT2D eigenvalue weighted by Gasteiger charge is 2.13. The van der Waals surface area contributed by atoms with Gasteiger partial charge in [-0.3, -0.25) is 9.36 Å². The minimum absolute atomic E-state index is 0.0619. The van der Waals surface area contributed by atoms with E-state index < -0.39 is 0 Å². The molecule has 0 fully saturated rings.